The lowest BCUT2D eigenvalue weighted by Gasteiger charge is -2.11. The molecule has 0 unspecified atom stereocenters. The van der Waals surface area contributed by atoms with Crippen LogP contribution in [0, 0.1) is 0 Å². The van der Waals surface area contributed by atoms with Crippen LogP contribution in [0.5, 0.6) is 0 Å². The number of methoxy groups -OCH3 is 2. The first-order chi connectivity index (χ1) is 6.27. The molecule has 0 radical (unpaired) electrons. The standard InChI is InChI=1S/C8H12N2O3/c1-12-8(13-2)5-7(11)10-4-3-9-6-10/h3-4,6,8H,5H2,1-2H3. The number of imidazole rings is 1. The lowest BCUT2D eigenvalue weighted by atomic mass is 10.4. The van der Waals surface area contributed by atoms with Crippen molar-refractivity contribution >= 4 is 5.91 Å². The molecule has 5 nitrogen and oxygen atoms in total. The highest BCUT2D eigenvalue weighted by Crippen LogP contribution is 2.00. The average Bonchev–Trinajstić information content (AvgIpc) is 2.66. The first-order valence-electron chi connectivity index (χ1n) is 3.84. The third-order valence-electron chi connectivity index (χ3n) is 1.66. The number of hydrogen-bond acceptors (Lipinski definition) is 4. The van der Waals surface area contributed by atoms with Gasteiger partial charge >= 0.3 is 0 Å². The van der Waals surface area contributed by atoms with Crippen molar-refractivity contribution < 1.29 is 14.3 Å². The van der Waals surface area contributed by atoms with E-state index >= 15 is 0 Å². The van der Waals surface area contributed by atoms with Crippen molar-refractivity contribution in [3.63, 3.8) is 0 Å². The maximum Gasteiger partial charge on any atom is 0.236 e. The van der Waals surface area contributed by atoms with E-state index in [-0.39, 0.29) is 12.3 Å². The maximum atomic E-state index is 11.4. The number of carbonyl (C=O) groups excluding carboxylic acids is 1. The molecule has 0 spiro atoms. The van der Waals surface area contributed by atoms with Gasteiger partial charge in [0.2, 0.25) is 5.91 Å². The molecule has 0 aliphatic rings. The van der Waals surface area contributed by atoms with Gasteiger partial charge in [0.25, 0.3) is 0 Å². The molecular formula is C8H12N2O3. The highest BCUT2D eigenvalue weighted by atomic mass is 16.7. The maximum absolute atomic E-state index is 11.4. The quantitative estimate of drug-likeness (QED) is 0.640. The molecule has 0 saturated carbocycles. The zero-order valence-electron chi connectivity index (χ0n) is 7.64. The van der Waals surface area contributed by atoms with Gasteiger partial charge in [-0.1, -0.05) is 0 Å². The van der Waals surface area contributed by atoms with Gasteiger partial charge in [0, 0.05) is 26.6 Å². The largest absolute Gasteiger partial charge is 0.355 e. The Balaban J connectivity index is 2.50. The number of carbonyl (C=O) groups is 1. The molecule has 13 heavy (non-hydrogen) atoms. The normalized spacial score (nSPS) is 10.7. The Morgan fingerprint density at radius 2 is 2.23 bits per heavy atom. The van der Waals surface area contributed by atoms with Crippen LogP contribution in [0.1, 0.15) is 11.2 Å². The summed E-state index contributed by atoms with van der Waals surface area (Å²) >= 11 is 0. The molecule has 0 N–H and O–H groups in total. The van der Waals surface area contributed by atoms with Crippen LogP contribution in [0.2, 0.25) is 0 Å². The second-order valence-electron chi connectivity index (χ2n) is 2.47. The van der Waals surface area contributed by atoms with Gasteiger partial charge in [0.15, 0.2) is 6.29 Å². The molecule has 0 fully saturated rings. The topological polar surface area (TPSA) is 53.4 Å². The molecule has 5 heteroatoms. The predicted octanol–water partition coefficient (Wildman–Crippen LogP) is 0.532. The highest BCUT2D eigenvalue weighted by molar-refractivity contribution is 5.78. The van der Waals surface area contributed by atoms with Crippen LogP contribution in [-0.2, 0) is 9.47 Å². The van der Waals surface area contributed by atoms with Gasteiger partial charge in [-0.05, 0) is 0 Å². The second-order valence-corrected chi connectivity index (χ2v) is 2.47. The number of ether oxygens (including phenoxy) is 2. The van der Waals surface area contributed by atoms with E-state index in [4.69, 9.17) is 9.47 Å². The molecule has 1 heterocycles. The lowest BCUT2D eigenvalue weighted by Crippen LogP contribution is -2.21. The number of rotatable bonds is 4. The molecule has 0 amide bonds. The van der Waals surface area contributed by atoms with Crippen LogP contribution in [0.3, 0.4) is 0 Å². The summed E-state index contributed by atoms with van der Waals surface area (Å²) in [5.74, 6) is -0.105. The lowest BCUT2D eigenvalue weighted by molar-refractivity contribution is -0.100. The summed E-state index contributed by atoms with van der Waals surface area (Å²) in [5.41, 5.74) is 0. The van der Waals surface area contributed by atoms with Crippen LogP contribution >= 0.6 is 0 Å². The fraction of sp³-hybridized carbons (Fsp3) is 0.500. The molecule has 0 atom stereocenters. The van der Waals surface area contributed by atoms with Gasteiger partial charge < -0.3 is 9.47 Å². The molecule has 0 saturated heterocycles. The second kappa shape index (κ2) is 4.74. The summed E-state index contributed by atoms with van der Waals surface area (Å²) in [4.78, 5) is 15.2. The Bertz CT molecular complexity index is 254. The van der Waals surface area contributed by atoms with Crippen LogP contribution in [-0.4, -0.2) is 36.0 Å². The first-order valence-corrected chi connectivity index (χ1v) is 3.84. The summed E-state index contributed by atoms with van der Waals surface area (Å²) in [6, 6.07) is 0. The van der Waals surface area contributed by atoms with E-state index in [0.717, 1.165) is 0 Å². The number of aromatic nitrogens is 2. The zero-order valence-corrected chi connectivity index (χ0v) is 7.64. The fourth-order valence-electron chi connectivity index (χ4n) is 0.918. The van der Waals surface area contributed by atoms with Crippen molar-refractivity contribution in [3.8, 4) is 0 Å². The molecule has 72 valence electrons. The highest BCUT2D eigenvalue weighted by Gasteiger charge is 2.12. The molecule has 1 aromatic rings. The van der Waals surface area contributed by atoms with Gasteiger partial charge in [-0.25, -0.2) is 4.98 Å². The van der Waals surface area contributed by atoms with E-state index in [9.17, 15) is 4.79 Å². The molecule has 0 bridgehead atoms. The Morgan fingerprint density at radius 3 is 2.69 bits per heavy atom. The minimum Gasteiger partial charge on any atom is -0.355 e. The fourth-order valence-corrected chi connectivity index (χ4v) is 0.918. The Kier molecular flexibility index (Phi) is 3.60. The summed E-state index contributed by atoms with van der Waals surface area (Å²) in [6.07, 6.45) is 4.28. The molecule has 0 aliphatic carbocycles. The van der Waals surface area contributed by atoms with E-state index in [2.05, 4.69) is 4.98 Å². The molecule has 0 aliphatic heterocycles. The summed E-state index contributed by atoms with van der Waals surface area (Å²) in [7, 11) is 2.99. The Labute approximate surface area is 76.3 Å². The van der Waals surface area contributed by atoms with Crippen molar-refractivity contribution in [1.29, 1.82) is 0 Å². The molecule has 1 rings (SSSR count). The van der Waals surface area contributed by atoms with Crippen molar-refractivity contribution in [1.82, 2.24) is 9.55 Å². The van der Waals surface area contributed by atoms with E-state index in [0.29, 0.717) is 0 Å². The van der Waals surface area contributed by atoms with Gasteiger partial charge in [0.1, 0.15) is 6.33 Å². The van der Waals surface area contributed by atoms with Crippen LogP contribution < -0.4 is 0 Å². The predicted molar refractivity (Wildman–Crippen MR) is 45.3 cm³/mol. The molecule has 0 aromatic carbocycles. The third-order valence-corrected chi connectivity index (χ3v) is 1.66. The molecular weight excluding hydrogens is 172 g/mol. The van der Waals surface area contributed by atoms with E-state index < -0.39 is 6.29 Å². The van der Waals surface area contributed by atoms with Gasteiger partial charge in [-0.15, -0.1) is 0 Å². The Morgan fingerprint density at radius 1 is 1.54 bits per heavy atom. The van der Waals surface area contributed by atoms with Crippen molar-refractivity contribution in [3.05, 3.63) is 18.7 Å². The van der Waals surface area contributed by atoms with E-state index in [1.165, 1.54) is 25.1 Å². The van der Waals surface area contributed by atoms with Gasteiger partial charge in [-0.2, -0.15) is 0 Å². The van der Waals surface area contributed by atoms with Crippen molar-refractivity contribution in [2.24, 2.45) is 0 Å². The van der Waals surface area contributed by atoms with Crippen LogP contribution in [0.25, 0.3) is 0 Å². The SMILES string of the molecule is COC(CC(=O)n1ccnc1)OC. The first kappa shape index (κ1) is 9.88. The smallest absolute Gasteiger partial charge is 0.236 e. The van der Waals surface area contributed by atoms with Crippen LogP contribution in [0.4, 0.5) is 0 Å². The summed E-state index contributed by atoms with van der Waals surface area (Å²) < 4.78 is 11.2. The van der Waals surface area contributed by atoms with Crippen LogP contribution in [0.15, 0.2) is 18.7 Å². The number of nitrogens with zero attached hydrogens (tertiary/aromatic N) is 2. The van der Waals surface area contributed by atoms with Crippen molar-refractivity contribution in [2.45, 2.75) is 12.7 Å². The summed E-state index contributed by atoms with van der Waals surface area (Å²) in [5, 5.41) is 0. The zero-order chi connectivity index (χ0) is 9.68. The summed E-state index contributed by atoms with van der Waals surface area (Å²) in [6.45, 7) is 0. The van der Waals surface area contributed by atoms with Gasteiger partial charge in [0.05, 0.1) is 6.42 Å². The molecule has 1 aromatic heterocycles. The van der Waals surface area contributed by atoms with Crippen molar-refractivity contribution in [2.75, 3.05) is 14.2 Å². The van der Waals surface area contributed by atoms with E-state index in [1.807, 2.05) is 0 Å². The minimum absolute atomic E-state index is 0.105. The minimum atomic E-state index is -0.491. The third kappa shape index (κ3) is 2.64. The van der Waals surface area contributed by atoms with Gasteiger partial charge in [-0.3, -0.25) is 9.36 Å². The van der Waals surface area contributed by atoms with E-state index in [1.54, 1.807) is 12.4 Å². The Hall–Kier alpha value is -1.20. The number of hydrogen-bond donors (Lipinski definition) is 0. The average molecular weight is 184 g/mol. The monoisotopic (exact) mass is 184 g/mol.